The first-order valence-electron chi connectivity index (χ1n) is 7.13. The van der Waals surface area contributed by atoms with E-state index in [0.29, 0.717) is 12.1 Å². The second-order valence-electron chi connectivity index (χ2n) is 5.38. The van der Waals surface area contributed by atoms with Crippen molar-refractivity contribution in [1.82, 2.24) is 20.4 Å². The molecule has 0 radical (unpaired) electrons. The third-order valence-corrected chi connectivity index (χ3v) is 4.35. The number of carbonyl (C=O) groups is 1. The van der Waals surface area contributed by atoms with Crippen molar-refractivity contribution in [3.05, 3.63) is 0 Å². The first-order chi connectivity index (χ1) is 8.74. The van der Waals surface area contributed by atoms with Crippen LogP contribution in [0, 0.1) is 0 Å². The third-order valence-electron chi connectivity index (χ3n) is 4.35. The van der Waals surface area contributed by atoms with Gasteiger partial charge in [-0.15, -0.1) is 0 Å². The van der Waals surface area contributed by atoms with Crippen molar-refractivity contribution in [3.8, 4) is 0 Å². The molecule has 18 heavy (non-hydrogen) atoms. The monoisotopic (exact) mass is 254 g/mol. The van der Waals surface area contributed by atoms with Gasteiger partial charge in [0.2, 0.25) is 0 Å². The molecule has 2 N–H and O–H groups in total. The van der Waals surface area contributed by atoms with Gasteiger partial charge >= 0.3 is 6.03 Å². The number of nitrogens with one attached hydrogen (secondary N) is 2. The average molecular weight is 254 g/mol. The molecule has 0 aromatic carbocycles. The van der Waals surface area contributed by atoms with E-state index < -0.39 is 0 Å². The molecule has 2 heterocycles. The fourth-order valence-electron chi connectivity index (χ4n) is 2.92. The first kappa shape index (κ1) is 13.6. The van der Waals surface area contributed by atoms with Gasteiger partial charge in [0.05, 0.1) is 0 Å². The van der Waals surface area contributed by atoms with Crippen LogP contribution in [0.1, 0.15) is 25.7 Å². The number of carbonyl (C=O) groups excluding carboxylic acids is 1. The molecule has 0 aromatic rings. The predicted molar refractivity (Wildman–Crippen MR) is 72.7 cm³/mol. The predicted octanol–water partition coefficient (Wildman–Crippen LogP) is 0.474. The summed E-state index contributed by atoms with van der Waals surface area (Å²) < 4.78 is 0. The third kappa shape index (κ3) is 3.14. The van der Waals surface area contributed by atoms with Gasteiger partial charge in [0.15, 0.2) is 0 Å². The summed E-state index contributed by atoms with van der Waals surface area (Å²) in [6.45, 7) is 3.60. The van der Waals surface area contributed by atoms with Crippen molar-refractivity contribution in [2.24, 2.45) is 0 Å². The fraction of sp³-hybridized carbons (Fsp3) is 0.923. The van der Waals surface area contributed by atoms with Gasteiger partial charge in [-0.1, -0.05) is 0 Å². The van der Waals surface area contributed by atoms with Crippen molar-refractivity contribution in [2.75, 3.05) is 40.3 Å². The van der Waals surface area contributed by atoms with Crippen LogP contribution >= 0.6 is 0 Å². The van der Waals surface area contributed by atoms with Crippen LogP contribution in [0.25, 0.3) is 0 Å². The second kappa shape index (κ2) is 6.38. The summed E-state index contributed by atoms with van der Waals surface area (Å²) in [5.41, 5.74) is 0. The SMILES string of the molecule is CNC1CCN(C(=O)N2CCC(NC)CC2)CC1. The lowest BCUT2D eigenvalue weighted by Gasteiger charge is -2.38. The van der Waals surface area contributed by atoms with Crippen LogP contribution in [0.4, 0.5) is 4.79 Å². The molecule has 0 saturated carbocycles. The number of likely N-dealkylation sites (tertiary alicyclic amines) is 2. The van der Waals surface area contributed by atoms with E-state index >= 15 is 0 Å². The first-order valence-corrected chi connectivity index (χ1v) is 7.13. The van der Waals surface area contributed by atoms with E-state index in [1.807, 2.05) is 23.9 Å². The normalized spacial score (nSPS) is 23.4. The van der Waals surface area contributed by atoms with Gasteiger partial charge in [-0.05, 0) is 39.8 Å². The van der Waals surface area contributed by atoms with Gasteiger partial charge in [-0.3, -0.25) is 0 Å². The van der Waals surface area contributed by atoms with Crippen LogP contribution in [0.5, 0.6) is 0 Å². The van der Waals surface area contributed by atoms with Gasteiger partial charge in [-0.25, -0.2) is 4.79 Å². The number of piperidine rings is 2. The highest BCUT2D eigenvalue weighted by molar-refractivity contribution is 5.74. The van der Waals surface area contributed by atoms with Gasteiger partial charge < -0.3 is 20.4 Å². The molecule has 2 aliphatic heterocycles. The summed E-state index contributed by atoms with van der Waals surface area (Å²) in [6, 6.07) is 1.42. The van der Waals surface area contributed by atoms with Crippen molar-refractivity contribution in [2.45, 2.75) is 37.8 Å². The van der Waals surface area contributed by atoms with E-state index in [1.165, 1.54) is 0 Å². The highest BCUT2D eigenvalue weighted by Crippen LogP contribution is 2.16. The lowest BCUT2D eigenvalue weighted by atomic mass is 10.0. The maximum atomic E-state index is 12.4. The molecule has 2 saturated heterocycles. The fourth-order valence-corrected chi connectivity index (χ4v) is 2.92. The Morgan fingerprint density at radius 3 is 1.44 bits per heavy atom. The van der Waals surface area contributed by atoms with Crippen LogP contribution < -0.4 is 10.6 Å². The average Bonchev–Trinajstić information content (AvgIpc) is 2.47. The Bertz CT molecular complexity index is 242. The molecule has 5 nitrogen and oxygen atoms in total. The summed E-state index contributed by atoms with van der Waals surface area (Å²) in [5.74, 6) is 0. The van der Waals surface area contributed by atoms with Gasteiger partial charge in [0, 0.05) is 38.3 Å². The minimum absolute atomic E-state index is 0.249. The highest BCUT2D eigenvalue weighted by Gasteiger charge is 2.28. The van der Waals surface area contributed by atoms with E-state index in [4.69, 9.17) is 0 Å². The maximum absolute atomic E-state index is 12.4. The summed E-state index contributed by atoms with van der Waals surface area (Å²) in [7, 11) is 4.01. The van der Waals surface area contributed by atoms with E-state index in [0.717, 1.165) is 51.9 Å². The number of hydrogen-bond donors (Lipinski definition) is 2. The van der Waals surface area contributed by atoms with Gasteiger partial charge in [-0.2, -0.15) is 0 Å². The Morgan fingerprint density at radius 2 is 1.17 bits per heavy atom. The summed E-state index contributed by atoms with van der Waals surface area (Å²) >= 11 is 0. The van der Waals surface area contributed by atoms with Crippen LogP contribution in [0.3, 0.4) is 0 Å². The number of urea groups is 1. The molecule has 2 rings (SSSR count). The topological polar surface area (TPSA) is 47.6 Å². The summed E-state index contributed by atoms with van der Waals surface area (Å²) in [4.78, 5) is 16.4. The van der Waals surface area contributed by atoms with E-state index in [-0.39, 0.29) is 6.03 Å². The van der Waals surface area contributed by atoms with Crippen LogP contribution in [-0.2, 0) is 0 Å². The second-order valence-corrected chi connectivity index (χ2v) is 5.38. The molecule has 0 spiro atoms. The van der Waals surface area contributed by atoms with Crippen LogP contribution in [0.15, 0.2) is 0 Å². The lowest BCUT2D eigenvalue weighted by Crippen LogP contribution is -2.52. The van der Waals surface area contributed by atoms with Crippen molar-refractivity contribution in [1.29, 1.82) is 0 Å². The summed E-state index contributed by atoms with van der Waals surface area (Å²) in [5, 5.41) is 6.59. The Balaban J connectivity index is 1.78. The smallest absolute Gasteiger partial charge is 0.320 e. The van der Waals surface area contributed by atoms with Crippen LogP contribution in [-0.4, -0.2) is 68.2 Å². The molecule has 0 aliphatic carbocycles. The van der Waals surface area contributed by atoms with Crippen molar-refractivity contribution in [3.63, 3.8) is 0 Å². The largest absolute Gasteiger partial charge is 0.325 e. The molecule has 2 fully saturated rings. The minimum Gasteiger partial charge on any atom is -0.325 e. The van der Waals surface area contributed by atoms with Crippen molar-refractivity contribution < 1.29 is 4.79 Å². The highest BCUT2D eigenvalue weighted by atomic mass is 16.2. The lowest BCUT2D eigenvalue weighted by molar-refractivity contribution is 0.125. The number of hydrogen-bond acceptors (Lipinski definition) is 3. The molecule has 2 aliphatic rings. The zero-order valence-electron chi connectivity index (χ0n) is 11.6. The quantitative estimate of drug-likeness (QED) is 0.753. The number of nitrogens with zero attached hydrogens (tertiary/aromatic N) is 2. The molecular weight excluding hydrogens is 228 g/mol. The Hall–Kier alpha value is -0.810. The van der Waals surface area contributed by atoms with E-state index in [9.17, 15) is 4.79 Å². The molecule has 0 atom stereocenters. The number of amides is 2. The maximum Gasteiger partial charge on any atom is 0.320 e. The van der Waals surface area contributed by atoms with Gasteiger partial charge in [0.1, 0.15) is 0 Å². The molecule has 104 valence electrons. The zero-order valence-corrected chi connectivity index (χ0v) is 11.6. The molecular formula is C13H26N4O. The number of rotatable bonds is 2. The Kier molecular flexibility index (Phi) is 4.83. The van der Waals surface area contributed by atoms with Crippen molar-refractivity contribution >= 4 is 6.03 Å². The van der Waals surface area contributed by atoms with E-state index in [2.05, 4.69) is 10.6 Å². The summed E-state index contributed by atoms with van der Waals surface area (Å²) in [6.07, 6.45) is 4.31. The zero-order chi connectivity index (χ0) is 13.0. The minimum atomic E-state index is 0.249. The Labute approximate surface area is 110 Å². The standard InChI is InChI=1S/C13H26N4O/c1-14-11-3-7-16(8-4-11)13(18)17-9-5-12(15-2)6-10-17/h11-12,14-15H,3-10H2,1-2H3. The van der Waals surface area contributed by atoms with Gasteiger partial charge in [0.25, 0.3) is 0 Å². The van der Waals surface area contributed by atoms with Crippen LogP contribution in [0.2, 0.25) is 0 Å². The molecule has 0 unspecified atom stereocenters. The molecule has 5 heteroatoms. The molecule has 2 amide bonds. The molecule has 0 aromatic heterocycles. The van der Waals surface area contributed by atoms with E-state index in [1.54, 1.807) is 0 Å². The molecule has 0 bridgehead atoms. The Morgan fingerprint density at radius 1 is 0.833 bits per heavy atom.